The number of ether oxygens (including phenoxy) is 4. The van der Waals surface area contributed by atoms with E-state index < -0.39 is 35.5 Å². The van der Waals surface area contributed by atoms with E-state index in [1.165, 1.54) is 5.57 Å². The van der Waals surface area contributed by atoms with E-state index >= 15 is 0 Å². The summed E-state index contributed by atoms with van der Waals surface area (Å²) in [5, 5.41) is 23.3. The molecule has 3 aliphatic heterocycles. The van der Waals surface area contributed by atoms with Crippen molar-refractivity contribution in [3.63, 3.8) is 0 Å². The van der Waals surface area contributed by atoms with Gasteiger partial charge >= 0.3 is 5.97 Å². The third-order valence-electron chi connectivity index (χ3n) is 9.91. The number of allylic oxidation sites excluding steroid dienone is 5. The van der Waals surface area contributed by atoms with Crippen LogP contribution in [0.3, 0.4) is 0 Å². The van der Waals surface area contributed by atoms with Gasteiger partial charge < -0.3 is 29.2 Å². The summed E-state index contributed by atoms with van der Waals surface area (Å²) in [6.07, 6.45) is 13.0. The van der Waals surface area contributed by atoms with Crippen LogP contribution in [0.25, 0.3) is 0 Å². The van der Waals surface area contributed by atoms with Gasteiger partial charge in [0.15, 0.2) is 5.79 Å². The largest absolute Gasteiger partial charge is 0.462 e. The number of rotatable bonds is 2. The maximum atomic E-state index is 14.0. The zero-order chi connectivity index (χ0) is 30.8. The van der Waals surface area contributed by atoms with Crippen LogP contribution in [-0.4, -0.2) is 65.2 Å². The number of methoxy groups -OCH3 is 1. The van der Waals surface area contributed by atoms with Gasteiger partial charge in [-0.1, -0.05) is 55.9 Å². The molecule has 0 aromatic heterocycles. The quantitative estimate of drug-likeness (QED) is 0.298. The Morgan fingerprint density at radius 3 is 2.55 bits per heavy atom. The molecule has 0 radical (unpaired) electrons. The molecule has 4 aliphatic rings. The monoisotopic (exact) mass is 584 g/mol. The molecule has 2 bridgehead atoms. The summed E-state index contributed by atoms with van der Waals surface area (Å²) in [5.41, 5.74) is 2.43. The zero-order valence-corrected chi connectivity index (χ0v) is 26.8. The molecule has 2 fully saturated rings. The van der Waals surface area contributed by atoms with E-state index in [1.54, 1.807) is 13.2 Å². The van der Waals surface area contributed by atoms with Gasteiger partial charge in [0.2, 0.25) is 0 Å². The lowest BCUT2D eigenvalue weighted by Gasteiger charge is -2.51. The number of carbonyl (C=O) groups excluding carboxylic acids is 1. The molecule has 7 nitrogen and oxygen atoms in total. The molecular formula is C35H52O7. The van der Waals surface area contributed by atoms with Crippen molar-refractivity contribution in [2.45, 2.75) is 129 Å². The van der Waals surface area contributed by atoms with Crippen LogP contribution in [0.15, 0.2) is 58.7 Å². The van der Waals surface area contributed by atoms with Crippen molar-refractivity contribution in [2.24, 2.45) is 17.8 Å². The van der Waals surface area contributed by atoms with Crippen molar-refractivity contribution in [1.29, 1.82) is 0 Å². The fourth-order valence-corrected chi connectivity index (χ4v) is 7.11. The summed E-state index contributed by atoms with van der Waals surface area (Å²) in [6.45, 7) is 14.1. The van der Waals surface area contributed by atoms with Gasteiger partial charge in [0, 0.05) is 38.7 Å². The van der Waals surface area contributed by atoms with Crippen molar-refractivity contribution in [3.8, 4) is 0 Å². The number of fused-ring (bicyclic) bond motifs is 3. The second-order valence-electron chi connectivity index (χ2n) is 13.3. The van der Waals surface area contributed by atoms with E-state index in [9.17, 15) is 15.0 Å². The van der Waals surface area contributed by atoms with Crippen molar-refractivity contribution >= 4 is 5.97 Å². The molecule has 1 unspecified atom stereocenters. The second kappa shape index (κ2) is 13.3. The lowest BCUT2D eigenvalue weighted by atomic mass is 9.71. The van der Waals surface area contributed by atoms with Crippen molar-refractivity contribution < 1.29 is 34.0 Å². The van der Waals surface area contributed by atoms with Crippen LogP contribution in [0.4, 0.5) is 0 Å². The molecule has 2 N–H and O–H groups in total. The highest BCUT2D eigenvalue weighted by molar-refractivity contribution is 5.78. The van der Waals surface area contributed by atoms with Crippen LogP contribution < -0.4 is 0 Å². The molecule has 1 spiro atoms. The Morgan fingerprint density at radius 1 is 1.12 bits per heavy atom. The van der Waals surface area contributed by atoms with Gasteiger partial charge in [0.05, 0.1) is 24.4 Å². The number of aliphatic hydroxyl groups excluding tert-OH is 1. The normalized spacial score (nSPS) is 45.5. The van der Waals surface area contributed by atoms with Crippen LogP contribution >= 0.6 is 0 Å². The smallest absolute Gasteiger partial charge is 0.316 e. The minimum atomic E-state index is -1.46. The molecule has 4 rings (SSSR count). The van der Waals surface area contributed by atoms with Crippen LogP contribution in [-0.2, 0) is 23.7 Å². The van der Waals surface area contributed by atoms with Crippen molar-refractivity contribution in [1.82, 2.24) is 0 Å². The summed E-state index contributed by atoms with van der Waals surface area (Å²) in [7, 11) is 1.62. The Bertz CT molecular complexity index is 1150. The summed E-state index contributed by atoms with van der Waals surface area (Å²) in [5.74, 6) is -2.23. The van der Waals surface area contributed by atoms with Crippen molar-refractivity contribution in [2.75, 3.05) is 7.11 Å². The topological polar surface area (TPSA) is 94.5 Å². The van der Waals surface area contributed by atoms with E-state index in [0.717, 1.165) is 17.6 Å². The second-order valence-corrected chi connectivity index (χ2v) is 13.3. The van der Waals surface area contributed by atoms with Gasteiger partial charge in [0.1, 0.15) is 17.6 Å². The highest BCUT2D eigenvalue weighted by Crippen LogP contribution is 2.46. The third kappa shape index (κ3) is 7.02. The fraction of sp³-hybridized carbons (Fsp3) is 0.686. The predicted molar refractivity (Wildman–Crippen MR) is 163 cm³/mol. The highest BCUT2D eigenvalue weighted by Gasteiger charge is 2.53. The van der Waals surface area contributed by atoms with Crippen LogP contribution in [0, 0.1) is 17.8 Å². The molecule has 0 saturated carbocycles. The van der Waals surface area contributed by atoms with Crippen LogP contribution in [0.1, 0.15) is 87.0 Å². The van der Waals surface area contributed by atoms with Gasteiger partial charge in [-0.25, -0.2) is 0 Å². The Hall–Kier alpha value is -2.03. The maximum absolute atomic E-state index is 14.0. The minimum Gasteiger partial charge on any atom is -0.462 e. The van der Waals surface area contributed by atoms with Gasteiger partial charge in [-0.15, -0.1) is 0 Å². The number of hydrogen-bond acceptors (Lipinski definition) is 7. The Labute approximate surface area is 252 Å². The number of carbonyl (C=O) groups is 1. The Morgan fingerprint density at radius 2 is 1.86 bits per heavy atom. The maximum Gasteiger partial charge on any atom is 0.316 e. The zero-order valence-electron chi connectivity index (χ0n) is 26.8. The number of hydrogen-bond donors (Lipinski definition) is 2. The third-order valence-corrected chi connectivity index (χ3v) is 9.91. The molecule has 10 atom stereocenters. The van der Waals surface area contributed by atoms with E-state index in [2.05, 4.69) is 26.0 Å². The van der Waals surface area contributed by atoms with Gasteiger partial charge in [-0.2, -0.15) is 0 Å². The predicted octanol–water partition coefficient (Wildman–Crippen LogP) is 6.12. The van der Waals surface area contributed by atoms with Gasteiger partial charge in [-0.3, -0.25) is 4.79 Å². The lowest BCUT2D eigenvalue weighted by Crippen LogP contribution is -2.58. The molecule has 234 valence electrons. The molecule has 3 heterocycles. The SMILES string of the molecule is C/C=C(\C)[C@H]1O[C@]2(CC(O)[C@@H]1C)C[C@@H]1C[C@@H](C/C=C(\C)C[C@@H](C)/C=C/C=C(\C)[C@]3(O)C[C@H](OC)C(C)=C[C@H]3C(=O)O1)O2. The van der Waals surface area contributed by atoms with E-state index in [1.807, 2.05) is 52.8 Å². The first-order valence-corrected chi connectivity index (χ1v) is 15.6. The molecule has 2 saturated heterocycles. The van der Waals surface area contributed by atoms with E-state index in [-0.39, 0.29) is 30.7 Å². The first kappa shape index (κ1) is 32.9. The van der Waals surface area contributed by atoms with Gasteiger partial charge in [-0.05, 0) is 70.1 Å². The molecule has 0 aromatic carbocycles. The lowest BCUT2D eigenvalue weighted by molar-refractivity contribution is -0.342. The first-order chi connectivity index (χ1) is 19.8. The average molecular weight is 585 g/mol. The standard InChI is InChI=1S/C35H52O7/c1-9-23(4)32-26(7)30(36)19-34(42-32)18-28-17-27(41-34)14-13-22(3)15-21(2)11-10-12-25(6)35(38)20-31(39-8)24(5)16-29(35)33(37)40-28/h9-13,16,21,26-32,36,38H,14-15,17-20H2,1-8H3/b11-10+,22-13+,23-9+,25-12+/t21-,26-,27+,28-,29-,30?,31-,32+,34-,35+/m0/s1. The summed E-state index contributed by atoms with van der Waals surface area (Å²) in [6, 6.07) is 0. The van der Waals surface area contributed by atoms with Crippen molar-refractivity contribution in [3.05, 3.63) is 58.7 Å². The fourth-order valence-electron chi connectivity index (χ4n) is 7.11. The number of aliphatic hydroxyl groups is 2. The minimum absolute atomic E-state index is 0.0899. The molecule has 1 aliphatic carbocycles. The molecular weight excluding hydrogens is 532 g/mol. The average Bonchev–Trinajstić information content (AvgIpc) is 2.93. The molecule has 0 amide bonds. The van der Waals surface area contributed by atoms with Crippen LogP contribution in [0.5, 0.6) is 0 Å². The summed E-state index contributed by atoms with van der Waals surface area (Å²) >= 11 is 0. The summed E-state index contributed by atoms with van der Waals surface area (Å²) < 4.78 is 25.3. The molecule has 0 aromatic rings. The first-order valence-electron chi connectivity index (χ1n) is 15.6. The van der Waals surface area contributed by atoms with E-state index in [4.69, 9.17) is 18.9 Å². The number of esters is 1. The summed E-state index contributed by atoms with van der Waals surface area (Å²) in [4.78, 5) is 14.0. The highest BCUT2D eigenvalue weighted by atomic mass is 16.7. The molecule has 42 heavy (non-hydrogen) atoms. The van der Waals surface area contributed by atoms with E-state index in [0.29, 0.717) is 37.2 Å². The molecule has 7 heteroatoms. The Balaban J connectivity index is 1.74. The van der Waals surface area contributed by atoms with Crippen LogP contribution in [0.2, 0.25) is 0 Å². The Kier molecular flexibility index (Phi) is 10.4. The van der Waals surface area contributed by atoms with Gasteiger partial charge in [0.25, 0.3) is 0 Å².